The summed E-state index contributed by atoms with van der Waals surface area (Å²) in [6, 6.07) is 23.2. The van der Waals surface area contributed by atoms with Crippen LogP contribution in [0.5, 0.6) is 0 Å². The van der Waals surface area contributed by atoms with Crippen molar-refractivity contribution in [3.8, 4) is 0 Å². The fraction of sp³-hybridized carbons (Fsp3) is 0.185. The Balaban J connectivity index is 1.50. The molecule has 8 heteroatoms. The molecule has 2 unspecified atom stereocenters. The highest BCUT2D eigenvalue weighted by molar-refractivity contribution is 6.09. The highest BCUT2D eigenvalue weighted by Crippen LogP contribution is 2.29. The molecule has 5 amide bonds. The normalized spacial score (nSPS) is 18.1. The molecular formula is C27H26N4O4. The molecule has 1 heterocycles. The predicted molar refractivity (Wildman–Crippen MR) is 131 cm³/mol. The summed E-state index contributed by atoms with van der Waals surface area (Å²) >= 11 is 0. The Labute approximate surface area is 203 Å². The molecular weight excluding hydrogens is 444 g/mol. The van der Waals surface area contributed by atoms with Gasteiger partial charge in [-0.25, -0.2) is 4.79 Å². The maximum absolute atomic E-state index is 13.2. The van der Waals surface area contributed by atoms with Gasteiger partial charge in [0, 0.05) is 5.69 Å². The lowest BCUT2D eigenvalue weighted by Crippen LogP contribution is -2.45. The minimum atomic E-state index is -1.28. The van der Waals surface area contributed by atoms with Gasteiger partial charge in [-0.2, -0.15) is 0 Å². The third kappa shape index (κ3) is 5.06. The standard InChI is InChI=1S/C27H26N4O4/c1-18-13-15-20(16-14-18)27(2)25(34)31(26(35)30-27)17-22(32)29-23(19-9-5-3-6-10-19)24(33)28-21-11-7-4-8-12-21/h3-16,23H,17H2,1-2H3,(H,28,33)(H,29,32)(H,30,35). The molecule has 1 aliphatic rings. The van der Waals surface area contributed by atoms with Crippen molar-refractivity contribution in [3.05, 3.63) is 102 Å². The summed E-state index contributed by atoms with van der Waals surface area (Å²) in [5, 5.41) is 8.14. The average molecular weight is 471 g/mol. The third-order valence-corrected chi connectivity index (χ3v) is 5.95. The fourth-order valence-electron chi connectivity index (χ4n) is 3.95. The topological polar surface area (TPSA) is 108 Å². The van der Waals surface area contributed by atoms with Crippen LogP contribution in [0.4, 0.5) is 10.5 Å². The van der Waals surface area contributed by atoms with Gasteiger partial charge in [-0.3, -0.25) is 19.3 Å². The number of hydrogen-bond donors (Lipinski definition) is 3. The second-order valence-corrected chi connectivity index (χ2v) is 8.58. The summed E-state index contributed by atoms with van der Waals surface area (Å²) in [7, 11) is 0. The highest BCUT2D eigenvalue weighted by Gasteiger charge is 2.49. The molecule has 3 N–H and O–H groups in total. The molecule has 178 valence electrons. The van der Waals surface area contributed by atoms with E-state index in [2.05, 4.69) is 16.0 Å². The Morgan fingerprint density at radius 2 is 1.51 bits per heavy atom. The molecule has 4 rings (SSSR count). The molecule has 3 aromatic rings. The van der Waals surface area contributed by atoms with Crippen LogP contribution in [0.1, 0.15) is 29.7 Å². The Morgan fingerprint density at radius 1 is 0.914 bits per heavy atom. The van der Waals surface area contributed by atoms with Crippen LogP contribution < -0.4 is 16.0 Å². The SMILES string of the molecule is Cc1ccc(C2(C)NC(=O)N(CC(=O)NC(C(=O)Nc3ccccc3)c3ccccc3)C2=O)cc1. The van der Waals surface area contributed by atoms with Crippen molar-refractivity contribution in [3.63, 3.8) is 0 Å². The molecule has 0 aromatic heterocycles. The summed E-state index contributed by atoms with van der Waals surface area (Å²) in [6.45, 7) is 3.01. The first-order chi connectivity index (χ1) is 16.8. The van der Waals surface area contributed by atoms with E-state index in [4.69, 9.17) is 0 Å². The Hall–Kier alpha value is -4.46. The number of nitrogens with zero attached hydrogens (tertiary/aromatic N) is 1. The maximum atomic E-state index is 13.2. The molecule has 0 aliphatic carbocycles. The summed E-state index contributed by atoms with van der Waals surface area (Å²) in [6.07, 6.45) is 0. The number of imide groups is 1. The zero-order chi connectivity index (χ0) is 25.0. The lowest BCUT2D eigenvalue weighted by atomic mass is 9.91. The lowest BCUT2D eigenvalue weighted by Gasteiger charge is -2.23. The Kier molecular flexibility index (Phi) is 6.64. The van der Waals surface area contributed by atoms with Gasteiger partial charge in [-0.1, -0.05) is 78.4 Å². The number of amides is 5. The van der Waals surface area contributed by atoms with Crippen LogP contribution in [-0.4, -0.2) is 35.2 Å². The van der Waals surface area contributed by atoms with Crippen molar-refractivity contribution in [2.45, 2.75) is 25.4 Å². The number of benzene rings is 3. The van der Waals surface area contributed by atoms with E-state index in [0.717, 1.165) is 10.5 Å². The van der Waals surface area contributed by atoms with Crippen LogP contribution in [0.3, 0.4) is 0 Å². The second kappa shape index (κ2) is 9.80. The van der Waals surface area contributed by atoms with Gasteiger partial charge in [0.05, 0.1) is 0 Å². The number of nitrogens with one attached hydrogen (secondary N) is 3. The molecule has 2 atom stereocenters. The van der Waals surface area contributed by atoms with Gasteiger partial charge in [0.2, 0.25) is 5.91 Å². The van der Waals surface area contributed by atoms with Gasteiger partial charge in [-0.05, 0) is 37.1 Å². The molecule has 0 spiro atoms. The molecule has 0 radical (unpaired) electrons. The fourth-order valence-corrected chi connectivity index (χ4v) is 3.95. The van der Waals surface area contributed by atoms with Gasteiger partial charge in [0.15, 0.2) is 0 Å². The number of para-hydroxylation sites is 1. The van der Waals surface area contributed by atoms with Crippen LogP contribution in [-0.2, 0) is 19.9 Å². The zero-order valence-corrected chi connectivity index (χ0v) is 19.4. The number of aryl methyl sites for hydroxylation is 1. The first-order valence-corrected chi connectivity index (χ1v) is 11.2. The number of rotatable bonds is 7. The van der Waals surface area contributed by atoms with E-state index in [9.17, 15) is 19.2 Å². The molecule has 0 bridgehead atoms. The lowest BCUT2D eigenvalue weighted by molar-refractivity contribution is -0.135. The molecule has 0 saturated carbocycles. The number of urea groups is 1. The minimum absolute atomic E-state index is 0.447. The van der Waals surface area contributed by atoms with Crippen molar-refractivity contribution < 1.29 is 19.2 Å². The number of anilines is 1. The van der Waals surface area contributed by atoms with Gasteiger partial charge in [0.1, 0.15) is 18.1 Å². The minimum Gasteiger partial charge on any atom is -0.339 e. The van der Waals surface area contributed by atoms with E-state index in [0.29, 0.717) is 16.8 Å². The molecule has 1 saturated heterocycles. The number of hydrogen-bond acceptors (Lipinski definition) is 4. The predicted octanol–water partition coefficient (Wildman–Crippen LogP) is 3.26. The molecule has 35 heavy (non-hydrogen) atoms. The van der Waals surface area contributed by atoms with Crippen molar-refractivity contribution in [1.29, 1.82) is 0 Å². The first-order valence-electron chi connectivity index (χ1n) is 11.2. The first kappa shape index (κ1) is 23.7. The summed E-state index contributed by atoms with van der Waals surface area (Å²) in [5.74, 6) is -1.62. The molecule has 8 nitrogen and oxygen atoms in total. The van der Waals surface area contributed by atoms with E-state index in [-0.39, 0.29) is 0 Å². The molecule has 3 aromatic carbocycles. The van der Waals surface area contributed by atoms with E-state index < -0.39 is 41.9 Å². The van der Waals surface area contributed by atoms with E-state index in [1.165, 1.54) is 0 Å². The van der Waals surface area contributed by atoms with E-state index in [1.807, 2.05) is 25.1 Å². The quantitative estimate of drug-likeness (QED) is 0.461. The van der Waals surface area contributed by atoms with Crippen molar-refractivity contribution in [2.75, 3.05) is 11.9 Å². The average Bonchev–Trinajstić information content (AvgIpc) is 3.07. The van der Waals surface area contributed by atoms with Crippen LogP contribution in [0.25, 0.3) is 0 Å². The summed E-state index contributed by atoms with van der Waals surface area (Å²) < 4.78 is 0. The third-order valence-electron chi connectivity index (χ3n) is 5.95. The van der Waals surface area contributed by atoms with Gasteiger partial charge < -0.3 is 16.0 Å². The molecule has 1 fully saturated rings. The second-order valence-electron chi connectivity index (χ2n) is 8.58. The van der Waals surface area contributed by atoms with Gasteiger partial charge in [0.25, 0.3) is 11.8 Å². The van der Waals surface area contributed by atoms with E-state index in [1.54, 1.807) is 73.7 Å². The van der Waals surface area contributed by atoms with Crippen LogP contribution in [0.15, 0.2) is 84.9 Å². The number of carbonyl (C=O) groups is 4. The van der Waals surface area contributed by atoms with Crippen molar-refractivity contribution in [1.82, 2.24) is 15.5 Å². The maximum Gasteiger partial charge on any atom is 0.325 e. The Morgan fingerprint density at radius 3 is 2.14 bits per heavy atom. The Bertz CT molecular complexity index is 1250. The van der Waals surface area contributed by atoms with Crippen LogP contribution in [0, 0.1) is 6.92 Å². The monoisotopic (exact) mass is 470 g/mol. The van der Waals surface area contributed by atoms with Crippen LogP contribution in [0.2, 0.25) is 0 Å². The molecule has 1 aliphatic heterocycles. The van der Waals surface area contributed by atoms with Crippen LogP contribution >= 0.6 is 0 Å². The summed E-state index contributed by atoms with van der Waals surface area (Å²) in [5.41, 5.74) is 1.50. The largest absolute Gasteiger partial charge is 0.339 e. The van der Waals surface area contributed by atoms with Crippen molar-refractivity contribution >= 4 is 29.4 Å². The number of carbonyl (C=O) groups excluding carboxylic acids is 4. The highest BCUT2D eigenvalue weighted by atomic mass is 16.2. The smallest absolute Gasteiger partial charge is 0.325 e. The van der Waals surface area contributed by atoms with Gasteiger partial charge in [-0.15, -0.1) is 0 Å². The van der Waals surface area contributed by atoms with E-state index >= 15 is 0 Å². The summed E-state index contributed by atoms with van der Waals surface area (Å²) in [4.78, 5) is 52.7. The van der Waals surface area contributed by atoms with Gasteiger partial charge >= 0.3 is 6.03 Å². The van der Waals surface area contributed by atoms with Crippen molar-refractivity contribution in [2.24, 2.45) is 0 Å². The zero-order valence-electron chi connectivity index (χ0n) is 19.4.